The number of amides is 2. The van der Waals surface area contributed by atoms with Crippen molar-refractivity contribution in [3.63, 3.8) is 0 Å². The molecule has 0 atom stereocenters. The summed E-state index contributed by atoms with van der Waals surface area (Å²) < 4.78 is 0. The molecule has 2 rings (SSSR count). The minimum absolute atomic E-state index is 0.305. The summed E-state index contributed by atoms with van der Waals surface area (Å²) in [5.74, 6) is -0.637. The summed E-state index contributed by atoms with van der Waals surface area (Å²) in [4.78, 5) is 22.5. The topological polar surface area (TPSA) is 46.2 Å². The van der Waals surface area contributed by atoms with Crippen LogP contribution in [0.4, 0.5) is 0 Å². The smallest absolute Gasteiger partial charge is 0.258 e. The van der Waals surface area contributed by atoms with Gasteiger partial charge in [-0.05, 0) is 17.5 Å². The average Bonchev–Trinajstić information content (AvgIpc) is 2.57. The SMILES string of the molecule is CCc1ccccc1C1=CC(=O)NC1=O. The van der Waals surface area contributed by atoms with Gasteiger partial charge in [0, 0.05) is 6.08 Å². The van der Waals surface area contributed by atoms with Crippen molar-refractivity contribution in [3.8, 4) is 0 Å². The molecular formula is C12H11NO2. The van der Waals surface area contributed by atoms with E-state index in [9.17, 15) is 9.59 Å². The fraction of sp³-hybridized carbons (Fsp3) is 0.167. The third kappa shape index (κ3) is 1.68. The molecule has 0 radical (unpaired) electrons. The predicted octanol–water partition coefficient (Wildman–Crippen LogP) is 1.29. The highest BCUT2D eigenvalue weighted by Crippen LogP contribution is 2.22. The molecule has 0 spiro atoms. The van der Waals surface area contributed by atoms with Gasteiger partial charge in [0.15, 0.2) is 0 Å². The molecule has 0 saturated heterocycles. The molecule has 15 heavy (non-hydrogen) atoms. The van der Waals surface area contributed by atoms with Crippen molar-refractivity contribution in [3.05, 3.63) is 41.5 Å². The largest absolute Gasteiger partial charge is 0.289 e. The van der Waals surface area contributed by atoms with E-state index >= 15 is 0 Å². The second-order valence-corrected chi connectivity index (χ2v) is 3.39. The zero-order chi connectivity index (χ0) is 10.8. The van der Waals surface area contributed by atoms with Gasteiger partial charge in [0.2, 0.25) is 0 Å². The molecule has 1 aliphatic rings. The molecule has 2 amide bonds. The molecule has 0 saturated carbocycles. The lowest BCUT2D eigenvalue weighted by Crippen LogP contribution is -2.21. The molecule has 1 aliphatic heterocycles. The van der Waals surface area contributed by atoms with E-state index in [1.54, 1.807) is 0 Å². The molecule has 0 unspecified atom stereocenters. The van der Waals surface area contributed by atoms with E-state index in [4.69, 9.17) is 0 Å². The van der Waals surface area contributed by atoms with Crippen LogP contribution in [-0.2, 0) is 16.0 Å². The van der Waals surface area contributed by atoms with E-state index in [-0.39, 0.29) is 11.8 Å². The maximum atomic E-state index is 11.5. The first kappa shape index (κ1) is 9.65. The van der Waals surface area contributed by atoms with Gasteiger partial charge in [-0.2, -0.15) is 0 Å². The second kappa shape index (κ2) is 3.69. The normalized spacial score (nSPS) is 15.1. The molecule has 0 aliphatic carbocycles. The average molecular weight is 201 g/mol. The molecule has 0 bridgehead atoms. The number of benzene rings is 1. The monoisotopic (exact) mass is 201 g/mol. The van der Waals surface area contributed by atoms with Crippen LogP contribution in [0.5, 0.6) is 0 Å². The lowest BCUT2D eigenvalue weighted by Gasteiger charge is -2.06. The van der Waals surface area contributed by atoms with E-state index in [1.807, 2.05) is 31.2 Å². The Balaban J connectivity index is 2.50. The van der Waals surface area contributed by atoms with Crippen molar-refractivity contribution in [2.75, 3.05) is 0 Å². The van der Waals surface area contributed by atoms with Crippen molar-refractivity contribution in [1.82, 2.24) is 5.32 Å². The Morgan fingerprint density at radius 2 is 1.93 bits per heavy atom. The van der Waals surface area contributed by atoms with Crippen LogP contribution in [0, 0.1) is 0 Å². The second-order valence-electron chi connectivity index (χ2n) is 3.39. The van der Waals surface area contributed by atoms with E-state index in [0.717, 1.165) is 17.5 Å². The fourth-order valence-corrected chi connectivity index (χ4v) is 1.70. The summed E-state index contributed by atoms with van der Waals surface area (Å²) >= 11 is 0. The number of carbonyl (C=O) groups excluding carboxylic acids is 2. The Kier molecular flexibility index (Phi) is 2.37. The minimum Gasteiger partial charge on any atom is -0.289 e. The van der Waals surface area contributed by atoms with E-state index in [2.05, 4.69) is 5.32 Å². The Hall–Kier alpha value is -1.90. The first-order valence-corrected chi connectivity index (χ1v) is 4.87. The quantitative estimate of drug-likeness (QED) is 0.733. The lowest BCUT2D eigenvalue weighted by molar-refractivity contribution is -0.123. The Morgan fingerprint density at radius 1 is 1.20 bits per heavy atom. The third-order valence-electron chi connectivity index (χ3n) is 2.45. The van der Waals surface area contributed by atoms with Crippen molar-refractivity contribution < 1.29 is 9.59 Å². The summed E-state index contributed by atoms with van der Waals surface area (Å²) in [5.41, 5.74) is 2.40. The van der Waals surface area contributed by atoms with Crippen molar-refractivity contribution in [2.45, 2.75) is 13.3 Å². The van der Waals surface area contributed by atoms with Gasteiger partial charge in [0.25, 0.3) is 11.8 Å². The summed E-state index contributed by atoms with van der Waals surface area (Å²) in [7, 11) is 0. The molecule has 0 fully saturated rings. The Morgan fingerprint density at radius 3 is 2.53 bits per heavy atom. The van der Waals surface area contributed by atoms with Gasteiger partial charge in [-0.15, -0.1) is 0 Å². The van der Waals surface area contributed by atoms with E-state index < -0.39 is 0 Å². The van der Waals surface area contributed by atoms with Crippen LogP contribution in [0.15, 0.2) is 30.3 Å². The fourth-order valence-electron chi connectivity index (χ4n) is 1.70. The van der Waals surface area contributed by atoms with Gasteiger partial charge < -0.3 is 0 Å². The summed E-state index contributed by atoms with van der Waals surface area (Å²) in [6.07, 6.45) is 2.20. The number of rotatable bonds is 2. The highest BCUT2D eigenvalue weighted by atomic mass is 16.2. The van der Waals surface area contributed by atoms with Crippen LogP contribution >= 0.6 is 0 Å². The molecule has 0 aromatic heterocycles. The first-order chi connectivity index (χ1) is 7.22. The number of hydrogen-bond acceptors (Lipinski definition) is 2. The van der Waals surface area contributed by atoms with Crippen LogP contribution in [0.2, 0.25) is 0 Å². The summed E-state index contributed by atoms with van der Waals surface area (Å²) in [6, 6.07) is 7.62. The van der Waals surface area contributed by atoms with Gasteiger partial charge in [-0.25, -0.2) is 0 Å². The van der Waals surface area contributed by atoms with Gasteiger partial charge in [0.05, 0.1) is 5.57 Å². The van der Waals surface area contributed by atoms with Crippen molar-refractivity contribution >= 4 is 17.4 Å². The van der Waals surface area contributed by atoms with Gasteiger partial charge in [-0.3, -0.25) is 14.9 Å². The summed E-state index contributed by atoms with van der Waals surface area (Å²) in [6.45, 7) is 2.02. The third-order valence-corrected chi connectivity index (χ3v) is 2.45. The standard InChI is InChI=1S/C12H11NO2/c1-2-8-5-3-4-6-9(8)10-7-11(14)13-12(10)15/h3-7H,2H2,1H3,(H,13,14,15). The molecule has 1 N–H and O–H groups in total. The zero-order valence-electron chi connectivity index (χ0n) is 8.41. The van der Waals surface area contributed by atoms with Gasteiger partial charge >= 0.3 is 0 Å². The predicted molar refractivity (Wildman–Crippen MR) is 56.9 cm³/mol. The molecule has 1 heterocycles. The minimum atomic E-state index is -0.332. The van der Waals surface area contributed by atoms with Gasteiger partial charge in [0.1, 0.15) is 0 Å². The van der Waals surface area contributed by atoms with Crippen LogP contribution in [0.1, 0.15) is 18.1 Å². The highest BCUT2D eigenvalue weighted by Gasteiger charge is 2.23. The summed E-state index contributed by atoms with van der Waals surface area (Å²) in [5, 5.41) is 2.25. The van der Waals surface area contributed by atoms with Crippen LogP contribution in [0.3, 0.4) is 0 Å². The Labute approximate surface area is 87.8 Å². The van der Waals surface area contributed by atoms with Crippen molar-refractivity contribution in [1.29, 1.82) is 0 Å². The maximum Gasteiger partial charge on any atom is 0.258 e. The van der Waals surface area contributed by atoms with Crippen LogP contribution in [-0.4, -0.2) is 11.8 Å². The maximum absolute atomic E-state index is 11.5. The van der Waals surface area contributed by atoms with Crippen molar-refractivity contribution in [2.24, 2.45) is 0 Å². The van der Waals surface area contributed by atoms with Crippen LogP contribution < -0.4 is 5.32 Å². The molecule has 3 nitrogen and oxygen atoms in total. The number of hydrogen-bond donors (Lipinski definition) is 1. The number of carbonyl (C=O) groups is 2. The molecule has 1 aromatic rings. The van der Waals surface area contributed by atoms with E-state index in [0.29, 0.717) is 5.57 Å². The number of aryl methyl sites for hydroxylation is 1. The number of imide groups is 1. The molecule has 76 valence electrons. The molecule has 1 aromatic carbocycles. The molecular weight excluding hydrogens is 190 g/mol. The highest BCUT2D eigenvalue weighted by molar-refractivity contribution is 6.33. The zero-order valence-corrected chi connectivity index (χ0v) is 8.41. The molecule has 3 heteroatoms. The van der Waals surface area contributed by atoms with Crippen LogP contribution in [0.25, 0.3) is 5.57 Å². The lowest BCUT2D eigenvalue weighted by atomic mass is 9.98. The Bertz CT molecular complexity index is 460. The first-order valence-electron chi connectivity index (χ1n) is 4.87. The number of nitrogens with one attached hydrogen (secondary N) is 1. The van der Waals surface area contributed by atoms with E-state index in [1.165, 1.54) is 6.08 Å². The van der Waals surface area contributed by atoms with Gasteiger partial charge in [-0.1, -0.05) is 31.2 Å².